The van der Waals surface area contributed by atoms with Gasteiger partial charge in [0.2, 0.25) is 5.95 Å². The summed E-state index contributed by atoms with van der Waals surface area (Å²) < 4.78 is 0. The van der Waals surface area contributed by atoms with E-state index in [-0.39, 0.29) is 11.6 Å². The lowest BCUT2D eigenvalue weighted by Gasteiger charge is -2.23. The van der Waals surface area contributed by atoms with Crippen LogP contribution in [0, 0.1) is 0 Å². The van der Waals surface area contributed by atoms with Gasteiger partial charge in [0.1, 0.15) is 0 Å². The minimum atomic E-state index is -0.199. The molecule has 5 rings (SSSR count). The lowest BCUT2D eigenvalue weighted by atomic mass is 10.1. The van der Waals surface area contributed by atoms with Crippen molar-refractivity contribution in [1.82, 2.24) is 15.0 Å². The maximum Gasteiger partial charge on any atom is 0.262 e. The molecule has 1 aliphatic heterocycles. The second-order valence-electron chi connectivity index (χ2n) is 7.43. The highest BCUT2D eigenvalue weighted by molar-refractivity contribution is 6.30. The molecule has 6 heteroatoms. The van der Waals surface area contributed by atoms with E-state index < -0.39 is 0 Å². The molecule has 0 aliphatic carbocycles. The Morgan fingerprint density at radius 3 is 2.73 bits per heavy atom. The molecule has 1 N–H and O–H groups in total. The van der Waals surface area contributed by atoms with Crippen molar-refractivity contribution >= 4 is 46.4 Å². The zero-order valence-corrected chi connectivity index (χ0v) is 17.1. The lowest BCUT2D eigenvalue weighted by Crippen LogP contribution is -2.28. The molecule has 0 fully saturated rings. The minimum absolute atomic E-state index is 0.199. The number of pyridine rings is 1. The normalized spacial score (nSPS) is 15.8. The number of rotatable bonds is 3. The van der Waals surface area contributed by atoms with E-state index in [9.17, 15) is 4.79 Å². The number of aromatic nitrogens is 3. The SMILES string of the molecule is CC1Cc2ccccc2N1c1nc2nccc(/C=C/c3ccc(Cl)cc3)c2c(=O)[nH]1. The summed E-state index contributed by atoms with van der Waals surface area (Å²) in [5.74, 6) is 0.524. The Hall–Kier alpha value is -3.44. The Morgan fingerprint density at radius 1 is 1.10 bits per heavy atom. The fourth-order valence-electron chi connectivity index (χ4n) is 3.98. The zero-order valence-electron chi connectivity index (χ0n) is 16.3. The summed E-state index contributed by atoms with van der Waals surface area (Å²) in [5, 5.41) is 1.17. The van der Waals surface area contributed by atoms with Gasteiger partial charge in [0.05, 0.1) is 5.39 Å². The van der Waals surface area contributed by atoms with Gasteiger partial charge in [-0.2, -0.15) is 4.98 Å². The van der Waals surface area contributed by atoms with Crippen LogP contribution in [0.25, 0.3) is 23.2 Å². The van der Waals surface area contributed by atoms with Gasteiger partial charge in [-0.25, -0.2) is 4.98 Å². The summed E-state index contributed by atoms with van der Waals surface area (Å²) in [6, 6.07) is 17.8. The van der Waals surface area contributed by atoms with E-state index in [1.165, 1.54) is 5.56 Å². The second-order valence-corrected chi connectivity index (χ2v) is 7.86. The molecular formula is C24H19ClN4O. The summed E-state index contributed by atoms with van der Waals surface area (Å²) in [6.45, 7) is 2.13. The van der Waals surface area contributed by atoms with Crippen LogP contribution in [0.4, 0.5) is 11.6 Å². The average Bonchev–Trinajstić information content (AvgIpc) is 3.08. The van der Waals surface area contributed by atoms with Gasteiger partial charge >= 0.3 is 0 Å². The third kappa shape index (κ3) is 3.27. The molecule has 0 radical (unpaired) electrons. The number of hydrogen-bond acceptors (Lipinski definition) is 4. The van der Waals surface area contributed by atoms with Gasteiger partial charge in [0.15, 0.2) is 5.65 Å². The van der Waals surface area contributed by atoms with Crippen molar-refractivity contribution < 1.29 is 0 Å². The second kappa shape index (κ2) is 7.43. The minimum Gasteiger partial charge on any atom is -0.309 e. The molecule has 2 aromatic carbocycles. The van der Waals surface area contributed by atoms with E-state index in [1.54, 1.807) is 6.20 Å². The Labute approximate surface area is 178 Å². The van der Waals surface area contributed by atoms with Crippen LogP contribution in [0.15, 0.2) is 65.6 Å². The predicted octanol–water partition coefficient (Wildman–Crippen LogP) is 5.22. The summed E-state index contributed by atoms with van der Waals surface area (Å²) >= 11 is 5.95. The smallest absolute Gasteiger partial charge is 0.262 e. The zero-order chi connectivity index (χ0) is 20.7. The van der Waals surface area contributed by atoms with Crippen molar-refractivity contribution in [2.24, 2.45) is 0 Å². The van der Waals surface area contributed by atoms with E-state index in [4.69, 9.17) is 16.6 Å². The third-order valence-electron chi connectivity index (χ3n) is 5.39. The van der Waals surface area contributed by atoms with Crippen molar-refractivity contribution in [2.45, 2.75) is 19.4 Å². The van der Waals surface area contributed by atoms with Crippen LogP contribution in [0.3, 0.4) is 0 Å². The third-order valence-corrected chi connectivity index (χ3v) is 5.64. The van der Waals surface area contributed by atoms with E-state index in [1.807, 2.05) is 54.6 Å². The topological polar surface area (TPSA) is 61.9 Å². The standard InChI is InChI=1S/C24H19ClN4O/c1-15-14-18-4-2-3-5-20(18)29(15)24-27-22-21(23(30)28-24)17(12-13-26-22)9-6-16-7-10-19(25)11-8-16/h2-13,15H,14H2,1H3,(H,26,27,28,30)/b9-6+. The van der Waals surface area contributed by atoms with Crippen LogP contribution in [0.1, 0.15) is 23.6 Å². The summed E-state index contributed by atoms with van der Waals surface area (Å²) in [4.78, 5) is 27.2. The molecule has 0 amide bonds. The molecule has 4 aromatic rings. The number of hydrogen-bond donors (Lipinski definition) is 1. The molecule has 0 saturated heterocycles. The fraction of sp³-hybridized carbons (Fsp3) is 0.125. The number of fused-ring (bicyclic) bond motifs is 2. The number of aromatic amines is 1. The van der Waals surface area contributed by atoms with Gasteiger partial charge in [-0.15, -0.1) is 0 Å². The molecular weight excluding hydrogens is 396 g/mol. The van der Waals surface area contributed by atoms with E-state index >= 15 is 0 Å². The molecule has 0 saturated carbocycles. The molecule has 3 heterocycles. The predicted molar refractivity (Wildman–Crippen MR) is 122 cm³/mol. The van der Waals surface area contributed by atoms with Crippen molar-refractivity contribution in [2.75, 3.05) is 4.90 Å². The van der Waals surface area contributed by atoms with E-state index in [2.05, 4.69) is 33.9 Å². The van der Waals surface area contributed by atoms with Crippen molar-refractivity contribution in [3.63, 3.8) is 0 Å². The van der Waals surface area contributed by atoms with Crippen LogP contribution < -0.4 is 10.5 Å². The Bertz CT molecular complexity index is 1330. The molecule has 5 nitrogen and oxygen atoms in total. The maximum atomic E-state index is 13.0. The number of benzene rings is 2. The van der Waals surface area contributed by atoms with Gasteiger partial charge in [0.25, 0.3) is 5.56 Å². The average molecular weight is 415 g/mol. The van der Waals surface area contributed by atoms with E-state index in [0.29, 0.717) is 22.0 Å². The number of nitrogens with one attached hydrogen (secondary N) is 1. The summed E-state index contributed by atoms with van der Waals surface area (Å²) in [7, 11) is 0. The molecule has 148 valence electrons. The Morgan fingerprint density at radius 2 is 1.90 bits per heavy atom. The first-order valence-corrected chi connectivity index (χ1v) is 10.2. The van der Waals surface area contributed by atoms with Gasteiger partial charge in [-0.05, 0) is 54.3 Å². The van der Waals surface area contributed by atoms with Gasteiger partial charge < -0.3 is 4.90 Å². The first-order chi connectivity index (χ1) is 14.6. The van der Waals surface area contributed by atoms with E-state index in [0.717, 1.165) is 23.2 Å². The van der Waals surface area contributed by atoms with Gasteiger partial charge in [-0.1, -0.05) is 54.1 Å². The van der Waals surface area contributed by atoms with Crippen LogP contribution in [0.5, 0.6) is 0 Å². The number of anilines is 2. The largest absolute Gasteiger partial charge is 0.309 e. The van der Waals surface area contributed by atoms with Gasteiger partial charge in [0, 0.05) is 22.9 Å². The summed E-state index contributed by atoms with van der Waals surface area (Å²) in [6.07, 6.45) is 6.44. The molecule has 1 atom stereocenters. The van der Waals surface area contributed by atoms with Crippen LogP contribution >= 0.6 is 11.6 Å². The number of nitrogens with zero attached hydrogens (tertiary/aromatic N) is 3. The highest BCUT2D eigenvalue weighted by Crippen LogP contribution is 2.36. The van der Waals surface area contributed by atoms with Gasteiger partial charge in [-0.3, -0.25) is 9.78 Å². The first kappa shape index (κ1) is 18.6. The van der Waals surface area contributed by atoms with Crippen LogP contribution in [-0.2, 0) is 6.42 Å². The van der Waals surface area contributed by atoms with Crippen molar-refractivity contribution in [3.05, 3.63) is 92.9 Å². The Balaban J connectivity index is 1.58. The van der Waals surface area contributed by atoms with Crippen LogP contribution in [-0.4, -0.2) is 21.0 Å². The molecule has 1 unspecified atom stereocenters. The van der Waals surface area contributed by atoms with Crippen molar-refractivity contribution in [3.8, 4) is 0 Å². The molecule has 0 spiro atoms. The molecule has 1 aliphatic rings. The Kier molecular flexibility index (Phi) is 4.60. The quantitative estimate of drug-likeness (QED) is 0.499. The molecule has 2 aromatic heterocycles. The number of halogens is 1. The monoisotopic (exact) mass is 414 g/mol. The molecule has 0 bridgehead atoms. The first-order valence-electron chi connectivity index (χ1n) is 9.80. The van der Waals surface area contributed by atoms with Crippen molar-refractivity contribution in [1.29, 1.82) is 0 Å². The highest BCUT2D eigenvalue weighted by Gasteiger charge is 2.28. The highest BCUT2D eigenvalue weighted by atomic mass is 35.5. The summed E-state index contributed by atoms with van der Waals surface area (Å²) in [5.41, 5.74) is 4.32. The van der Waals surface area contributed by atoms with Crippen LogP contribution in [0.2, 0.25) is 5.02 Å². The molecule has 30 heavy (non-hydrogen) atoms. The maximum absolute atomic E-state index is 13.0. The lowest BCUT2D eigenvalue weighted by molar-refractivity contribution is 0.740. The number of H-pyrrole nitrogens is 1. The number of para-hydroxylation sites is 1. The fourth-order valence-corrected chi connectivity index (χ4v) is 4.10.